The number of halogens is 6. The second kappa shape index (κ2) is 9.85. The maximum atomic E-state index is 13.0. The van der Waals surface area contributed by atoms with Crippen LogP contribution < -0.4 is 15.5 Å². The minimum atomic E-state index is -4.68. The summed E-state index contributed by atoms with van der Waals surface area (Å²) in [6, 6.07) is 14.8. The molecule has 36 heavy (non-hydrogen) atoms. The summed E-state index contributed by atoms with van der Waals surface area (Å²) in [6.45, 7) is 0. The molecule has 3 amide bonds. The zero-order valence-corrected chi connectivity index (χ0v) is 20.1. The van der Waals surface area contributed by atoms with E-state index >= 15 is 0 Å². The van der Waals surface area contributed by atoms with E-state index in [4.69, 9.17) is 34.8 Å². The molecule has 4 rings (SSSR count). The van der Waals surface area contributed by atoms with Crippen molar-refractivity contribution >= 4 is 69.6 Å². The van der Waals surface area contributed by atoms with Crippen LogP contribution in [0.3, 0.4) is 0 Å². The summed E-state index contributed by atoms with van der Waals surface area (Å²) in [6.07, 6.45) is -4.68. The molecule has 6 nitrogen and oxygen atoms in total. The highest BCUT2D eigenvalue weighted by molar-refractivity contribution is 6.53. The predicted octanol–water partition coefficient (Wildman–Crippen LogP) is 6.70. The molecule has 12 heteroatoms. The maximum absolute atomic E-state index is 13.0. The van der Waals surface area contributed by atoms with Crippen LogP contribution in [-0.4, -0.2) is 17.7 Å². The Labute approximate surface area is 217 Å². The number of hydrogen-bond acceptors (Lipinski definition) is 4. The van der Waals surface area contributed by atoms with E-state index in [1.54, 1.807) is 12.1 Å². The highest BCUT2D eigenvalue weighted by Gasteiger charge is 2.39. The minimum Gasteiger partial charge on any atom is -0.350 e. The summed E-state index contributed by atoms with van der Waals surface area (Å²) >= 11 is 17.6. The van der Waals surface area contributed by atoms with E-state index in [2.05, 4.69) is 10.6 Å². The van der Waals surface area contributed by atoms with E-state index in [-0.39, 0.29) is 27.7 Å². The lowest BCUT2D eigenvalue weighted by atomic mass is 10.1. The molecule has 0 unspecified atom stereocenters. The van der Waals surface area contributed by atoms with Gasteiger partial charge in [-0.05, 0) is 60.7 Å². The van der Waals surface area contributed by atoms with Crippen LogP contribution >= 0.6 is 34.8 Å². The smallest absolute Gasteiger partial charge is 0.350 e. The average molecular weight is 555 g/mol. The van der Waals surface area contributed by atoms with Crippen molar-refractivity contribution in [2.24, 2.45) is 0 Å². The van der Waals surface area contributed by atoms with E-state index in [0.29, 0.717) is 10.7 Å². The Morgan fingerprint density at radius 1 is 0.833 bits per heavy atom. The van der Waals surface area contributed by atoms with Gasteiger partial charge in [0.2, 0.25) is 0 Å². The molecule has 0 aliphatic carbocycles. The number of benzene rings is 3. The first kappa shape index (κ1) is 25.6. The van der Waals surface area contributed by atoms with Gasteiger partial charge < -0.3 is 10.6 Å². The van der Waals surface area contributed by atoms with Gasteiger partial charge in [0.1, 0.15) is 10.7 Å². The lowest BCUT2D eigenvalue weighted by molar-refractivity contribution is -0.137. The van der Waals surface area contributed by atoms with Crippen LogP contribution in [0, 0.1) is 0 Å². The Hall–Kier alpha value is -3.53. The number of alkyl halides is 3. The number of nitrogens with zero attached hydrogens (tertiary/aromatic N) is 1. The zero-order chi connectivity index (χ0) is 26.2. The summed E-state index contributed by atoms with van der Waals surface area (Å²) in [5.41, 5.74) is -0.630. The van der Waals surface area contributed by atoms with Crippen molar-refractivity contribution in [1.29, 1.82) is 0 Å². The van der Waals surface area contributed by atoms with Gasteiger partial charge in [-0.15, -0.1) is 0 Å². The third kappa shape index (κ3) is 5.18. The van der Waals surface area contributed by atoms with Crippen LogP contribution in [0.5, 0.6) is 0 Å². The molecule has 184 valence electrons. The van der Waals surface area contributed by atoms with Crippen molar-refractivity contribution in [3.05, 3.63) is 98.6 Å². The Bertz CT molecular complexity index is 1420. The summed E-state index contributed by atoms with van der Waals surface area (Å²) < 4.78 is 39.1. The normalized spacial score (nSPS) is 13.9. The van der Waals surface area contributed by atoms with Crippen LogP contribution in [0.15, 0.2) is 77.5 Å². The quantitative estimate of drug-likeness (QED) is 0.344. The fraction of sp³-hybridized carbons (Fsp3) is 0.0417. The van der Waals surface area contributed by atoms with Gasteiger partial charge in [-0.25, -0.2) is 4.90 Å². The van der Waals surface area contributed by atoms with Crippen LogP contribution in [0.2, 0.25) is 10.0 Å². The Kier molecular flexibility index (Phi) is 6.99. The van der Waals surface area contributed by atoms with Crippen molar-refractivity contribution in [2.45, 2.75) is 6.18 Å². The topological polar surface area (TPSA) is 78.5 Å². The Balaban J connectivity index is 1.48. The van der Waals surface area contributed by atoms with E-state index in [1.165, 1.54) is 42.5 Å². The van der Waals surface area contributed by atoms with Crippen LogP contribution in [0.4, 0.5) is 30.2 Å². The van der Waals surface area contributed by atoms with Gasteiger partial charge in [0, 0.05) is 22.0 Å². The molecule has 2 N–H and O–H groups in total. The summed E-state index contributed by atoms with van der Waals surface area (Å²) in [5.74, 6) is -2.10. The molecule has 0 fully saturated rings. The van der Waals surface area contributed by atoms with Gasteiger partial charge in [-0.3, -0.25) is 14.4 Å². The molecule has 0 saturated carbocycles. The number of hydrogen-bond donors (Lipinski definition) is 2. The number of amides is 3. The predicted molar refractivity (Wildman–Crippen MR) is 131 cm³/mol. The fourth-order valence-corrected chi connectivity index (χ4v) is 3.96. The molecule has 1 aliphatic heterocycles. The SMILES string of the molecule is O=C(Nc1ccc(Cl)c(C(F)(F)F)c1)c1ccc(NC2=C(Cl)C(=O)N(c3cccc(Cl)c3)C2=O)cc1. The number of anilines is 3. The van der Waals surface area contributed by atoms with Crippen LogP contribution in [0.1, 0.15) is 15.9 Å². The number of carbonyl (C=O) groups excluding carboxylic acids is 3. The standard InChI is InChI=1S/C24H13Cl3F3N3O3/c25-13-2-1-3-16(10-13)33-22(35)19(27)20(23(33)36)31-14-6-4-12(5-7-14)21(34)32-15-8-9-18(26)17(11-15)24(28,29)30/h1-11,31H,(H,32,34). The first-order valence-corrected chi connectivity index (χ1v) is 11.2. The van der Waals surface area contributed by atoms with Gasteiger partial charge in [0.25, 0.3) is 17.7 Å². The van der Waals surface area contributed by atoms with Gasteiger partial charge >= 0.3 is 6.18 Å². The molecule has 0 spiro atoms. The molecule has 3 aromatic rings. The minimum absolute atomic E-state index is 0.0907. The van der Waals surface area contributed by atoms with Crippen molar-refractivity contribution in [2.75, 3.05) is 15.5 Å². The van der Waals surface area contributed by atoms with Crippen molar-refractivity contribution in [1.82, 2.24) is 0 Å². The van der Waals surface area contributed by atoms with Crippen molar-refractivity contribution in [3.63, 3.8) is 0 Å². The fourth-order valence-electron chi connectivity index (χ4n) is 3.33. The lowest BCUT2D eigenvalue weighted by Crippen LogP contribution is -2.32. The first-order valence-electron chi connectivity index (χ1n) is 10.0. The number of carbonyl (C=O) groups is 3. The molecule has 0 aromatic heterocycles. The third-order valence-electron chi connectivity index (χ3n) is 5.04. The lowest BCUT2D eigenvalue weighted by Gasteiger charge is -2.15. The molecule has 0 bridgehead atoms. The number of rotatable bonds is 5. The van der Waals surface area contributed by atoms with E-state index in [1.807, 2.05) is 0 Å². The number of imide groups is 1. The first-order chi connectivity index (χ1) is 17.0. The van der Waals surface area contributed by atoms with E-state index in [9.17, 15) is 27.6 Å². The molecule has 0 radical (unpaired) electrons. The van der Waals surface area contributed by atoms with E-state index < -0.39 is 34.5 Å². The molecule has 3 aromatic carbocycles. The molecule has 0 atom stereocenters. The largest absolute Gasteiger partial charge is 0.417 e. The highest BCUT2D eigenvalue weighted by Crippen LogP contribution is 2.36. The van der Waals surface area contributed by atoms with Gasteiger partial charge in [0.05, 0.1) is 16.3 Å². The maximum Gasteiger partial charge on any atom is 0.417 e. The molecular weight excluding hydrogens is 542 g/mol. The van der Waals surface area contributed by atoms with Crippen molar-refractivity contribution in [3.8, 4) is 0 Å². The van der Waals surface area contributed by atoms with Crippen molar-refractivity contribution < 1.29 is 27.6 Å². The van der Waals surface area contributed by atoms with Gasteiger partial charge in [-0.2, -0.15) is 13.2 Å². The second-order valence-electron chi connectivity index (χ2n) is 7.46. The third-order valence-corrected chi connectivity index (χ3v) is 5.96. The summed E-state index contributed by atoms with van der Waals surface area (Å²) in [5, 5.41) is 4.65. The monoisotopic (exact) mass is 553 g/mol. The van der Waals surface area contributed by atoms with Crippen LogP contribution in [-0.2, 0) is 15.8 Å². The van der Waals surface area contributed by atoms with Gasteiger partial charge in [0.15, 0.2) is 0 Å². The zero-order valence-electron chi connectivity index (χ0n) is 17.8. The molecular formula is C24H13Cl3F3N3O3. The Morgan fingerprint density at radius 2 is 1.50 bits per heavy atom. The summed E-state index contributed by atoms with van der Waals surface area (Å²) in [7, 11) is 0. The summed E-state index contributed by atoms with van der Waals surface area (Å²) in [4.78, 5) is 38.8. The van der Waals surface area contributed by atoms with E-state index in [0.717, 1.165) is 17.0 Å². The number of nitrogens with one attached hydrogen (secondary N) is 2. The highest BCUT2D eigenvalue weighted by atomic mass is 35.5. The average Bonchev–Trinajstić information content (AvgIpc) is 3.03. The Morgan fingerprint density at radius 3 is 2.14 bits per heavy atom. The molecule has 1 heterocycles. The second-order valence-corrected chi connectivity index (χ2v) is 8.69. The molecule has 1 aliphatic rings. The van der Waals surface area contributed by atoms with Crippen LogP contribution in [0.25, 0.3) is 0 Å². The molecule has 0 saturated heterocycles. The van der Waals surface area contributed by atoms with Gasteiger partial charge in [-0.1, -0.05) is 40.9 Å².